The van der Waals surface area contributed by atoms with Gasteiger partial charge in [0.25, 0.3) is 0 Å². The van der Waals surface area contributed by atoms with Gasteiger partial charge in [-0.1, -0.05) is 29.3 Å². The van der Waals surface area contributed by atoms with Crippen LogP contribution in [0.2, 0.25) is 10.0 Å². The molecule has 2 rings (SSSR count). The zero-order chi connectivity index (χ0) is 18.1. The van der Waals surface area contributed by atoms with E-state index in [9.17, 15) is 14.7 Å². The first-order valence-corrected chi connectivity index (χ1v) is 8.49. The number of hydrogen-bond donors (Lipinski definition) is 1. The van der Waals surface area contributed by atoms with E-state index < -0.39 is 23.7 Å². The lowest BCUT2D eigenvalue weighted by Crippen LogP contribution is -2.43. The van der Waals surface area contributed by atoms with Gasteiger partial charge in [0.2, 0.25) is 0 Å². The van der Waals surface area contributed by atoms with Crippen LogP contribution in [0.15, 0.2) is 18.2 Å². The average Bonchev–Trinajstić information content (AvgIpc) is 2.85. The number of amides is 1. The Hall–Kier alpha value is -1.46. The molecule has 0 radical (unpaired) electrons. The molecule has 2 atom stereocenters. The molecule has 7 heteroatoms. The Balaban J connectivity index is 2.10. The van der Waals surface area contributed by atoms with E-state index in [0.717, 1.165) is 5.56 Å². The fourth-order valence-corrected chi connectivity index (χ4v) is 3.15. The number of carboxylic acid groups (broad SMARTS) is 1. The zero-order valence-electron chi connectivity index (χ0n) is 13.9. The molecular weight excluding hydrogens is 353 g/mol. The number of benzene rings is 1. The highest BCUT2D eigenvalue weighted by Gasteiger charge is 2.41. The SMILES string of the molecule is CC(C)(C)OC(=O)N1C[C@H](Cc2ccc(Cl)c(Cl)c2)C[C@H]1C(=O)O. The maximum atomic E-state index is 12.3. The first kappa shape index (κ1) is 18.9. The van der Waals surface area contributed by atoms with Crippen molar-refractivity contribution in [2.24, 2.45) is 5.92 Å². The van der Waals surface area contributed by atoms with Crippen molar-refractivity contribution >= 4 is 35.3 Å². The number of hydrogen-bond acceptors (Lipinski definition) is 3. The minimum Gasteiger partial charge on any atom is -0.480 e. The summed E-state index contributed by atoms with van der Waals surface area (Å²) in [7, 11) is 0. The molecule has 1 fully saturated rings. The van der Waals surface area contributed by atoms with Gasteiger partial charge in [-0.25, -0.2) is 9.59 Å². The maximum Gasteiger partial charge on any atom is 0.411 e. The highest BCUT2D eigenvalue weighted by Crippen LogP contribution is 2.30. The lowest BCUT2D eigenvalue weighted by atomic mass is 9.97. The molecule has 1 aliphatic rings. The molecule has 0 spiro atoms. The van der Waals surface area contributed by atoms with Crippen LogP contribution >= 0.6 is 23.2 Å². The molecule has 1 N–H and O–H groups in total. The summed E-state index contributed by atoms with van der Waals surface area (Å²) in [6.45, 7) is 5.60. The second-order valence-electron chi connectivity index (χ2n) is 7.04. The van der Waals surface area contributed by atoms with Crippen molar-refractivity contribution in [3.05, 3.63) is 33.8 Å². The molecule has 5 nitrogen and oxygen atoms in total. The number of nitrogens with zero attached hydrogens (tertiary/aromatic N) is 1. The summed E-state index contributed by atoms with van der Waals surface area (Å²) in [5.41, 5.74) is 0.298. The van der Waals surface area contributed by atoms with Crippen molar-refractivity contribution < 1.29 is 19.4 Å². The maximum absolute atomic E-state index is 12.3. The Labute approximate surface area is 151 Å². The monoisotopic (exact) mass is 373 g/mol. The molecule has 1 saturated heterocycles. The predicted molar refractivity (Wildman–Crippen MR) is 92.6 cm³/mol. The number of rotatable bonds is 3. The van der Waals surface area contributed by atoms with Gasteiger partial charge in [-0.05, 0) is 57.2 Å². The molecule has 132 valence electrons. The van der Waals surface area contributed by atoms with Crippen LogP contribution in [0, 0.1) is 5.92 Å². The second kappa shape index (κ2) is 7.19. The number of carboxylic acids is 1. The quantitative estimate of drug-likeness (QED) is 0.859. The van der Waals surface area contributed by atoms with E-state index in [1.165, 1.54) is 4.90 Å². The number of carbonyl (C=O) groups excluding carboxylic acids is 1. The number of ether oxygens (including phenoxy) is 1. The predicted octanol–water partition coefficient (Wildman–Crippen LogP) is 4.25. The summed E-state index contributed by atoms with van der Waals surface area (Å²) < 4.78 is 5.32. The molecular formula is C17H21Cl2NO4. The first-order valence-electron chi connectivity index (χ1n) is 7.73. The molecule has 0 saturated carbocycles. The normalized spacial score (nSPS) is 21.0. The fourth-order valence-electron chi connectivity index (χ4n) is 2.83. The van der Waals surface area contributed by atoms with Crippen molar-refractivity contribution in [1.29, 1.82) is 0 Å². The highest BCUT2D eigenvalue weighted by atomic mass is 35.5. The van der Waals surface area contributed by atoms with E-state index in [1.807, 2.05) is 6.07 Å². The minimum atomic E-state index is -1.02. The molecule has 0 aromatic heterocycles. The van der Waals surface area contributed by atoms with Crippen LogP contribution < -0.4 is 0 Å². The van der Waals surface area contributed by atoms with Crippen molar-refractivity contribution in [3.8, 4) is 0 Å². The molecule has 1 aromatic rings. The summed E-state index contributed by atoms with van der Waals surface area (Å²) in [6, 6.07) is 4.48. The van der Waals surface area contributed by atoms with Gasteiger partial charge in [-0.2, -0.15) is 0 Å². The van der Waals surface area contributed by atoms with Gasteiger partial charge >= 0.3 is 12.1 Å². The summed E-state index contributed by atoms with van der Waals surface area (Å²) in [5.74, 6) is -0.992. The average molecular weight is 374 g/mol. The van der Waals surface area contributed by atoms with Crippen LogP contribution in [0.5, 0.6) is 0 Å². The molecule has 1 heterocycles. The van der Waals surface area contributed by atoms with Crippen LogP contribution in [0.4, 0.5) is 4.79 Å². The lowest BCUT2D eigenvalue weighted by molar-refractivity contribution is -0.142. The van der Waals surface area contributed by atoms with Crippen LogP contribution in [0.25, 0.3) is 0 Å². The van der Waals surface area contributed by atoms with Gasteiger partial charge in [-0.3, -0.25) is 4.90 Å². The van der Waals surface area contributed by atoms with Crippen molar-refractivity contribution in [3.63, 3.8) is 0 Å². The van der Waals surface area contributed by atoms with E-state index >= 15 is 0 Å². The fraction of sp³-hybridized carbons (Fsp3) is 0.529. The van der Waals surface area contributed by atoms with Gasteiger partial charge in [-0.15, -0.1) is 0 Å². The Bertz CT molecular complexity index is 642. The van der Waals surface area contributed by atoms with Crippen LogP contribution in [-0.4, -0.2) is 40.3 Å². The third-order valence-corrected chi connectivity index (χ3v) is 4.55. The highest BCUT2D eigenvalue weighted by molar-refractivity contribution is 6.42. The largest absolute Gasteiger partial charge is 0.480 e. The van der Waals surface area contributed by atoms with Gasteiger partial charge < -0.3 is 9.84 Å². The second-order valence-corrected chi connectivity index (χ2v) is 7.86. The standard InChI is InChI=1S/C17H21Cl2NO4/c1-17(2,3)24-16(23)20-9-11(8-14(20)15(21)22)6-10-4-5-12(18)13(19)7-10/h4-5,7,11,14H,6,8-9H2,1-3H3,(H,21,22)/t11-,14+/m1/s1. The number of carbonyl (C=O) groups is 2. The van der Waals surface area contributed by atoms with E-state index in [4.69, 9.17) is 27.9 Å². The zero-order valence-corrected chi connectivity index (χ0v) is 15.4. The Kier molecular flexibility index (Phi) is 5.66. The van der Waals surface area contributed by atoms with Gasteiger partial charge in [0.1, 0.15) is 11.6 Å². The first-order chi connectivity index (χ1) is 11.1. The molecule has 0 aliphatic carbocycles. The lowest BCUT2D eigenvalue weighted by Gasteiger charge is -2.26. The number of halogens is 2. The Morgan fingerprint density at radius 3 is 2.50 bits per heavy atom. The summed E-state index contributed by atoms with van der Waals surface area (Å²) >= 11 is 11.9. The molecule has 24 heavy (non-hydrogen) atoms. The van der Waals surface area contributed by atoms with Gasteiger partial charge in [0.05, 0.1) is 10.0 Å². The summed E-state index contributed by atoms with van der Waals surface area (Å²) in [4.78, 5) is 25.1. The van der Waals surface area contributed by atoms with E-state index in [2.05, 4.69) is 0 Å². The van der Waals surface area contributed by atoms with E-state index in [-0.39, 0.29) is 5.92 Å². The molecule has 1 aromatic carbocycles. The Morgan fingerprint density at radius 2 is 1.96 bits per heavy atom. The molecule has 0 bridgehead atoms. The number of likely N-dealkylation sites (tertiary alicyclic amines) is 1. The minimum absolute atomic E-state index is 0.0239. The summed E-state index contributed by atoms with van der Waals surface area (Å²) in [6.07, 6.45) is 0.418. The topological polar surface area (TPSA) is 66.8 Å². The summed E-state index contributed by atoms with van der Waals surface area (Å²) in [5, 5.41) is 10.3. The van der Waals surface area contributed by atoms with Crippen LogP contribution in [-0.2, 0) is 16.0 Å². The van der Waals surface area contributed by atoms with E-state index in [1.54, 1.807) is 32.9 Å². The van der Waals surface area contributed by atoms with Crippen molar-refractivity contribution in [2.45, 2.75) is 45.3 Å². The number of aliphatic carboxylic acids is 1. The molecule has 1 amide bonds. The third-order valence-electron chi connectivity index (χ3n) is 3.81. The smallest absolute Gasteiger partial charge is 0.411 e. The van der Waals surface area contributed by atoms with Crippen molar-refractivity contribution in [2.75, 3.05) is 6.54 Å². The van der Waals surface area contributed by atoms with Crippen LogP contribution in [0.3, 0.4) is 0 Å². The molecule has 1 aliphatic heterocycles. The van der Waals surface area contributed by atoms with Gasteiger partial charge in [0.15, 0.2) is 0 Å². The van der Waals surface area contributed by atoms with Gasteiger partial charge in [0, 0.05) is 6.54 Å². The van der Waals surface area contributed by atoms with E-state index in [0.29, 0.717) is 29.4 Å². The Morgan fingerprint density at radius 1 is 1.29 bits per heavy atom. The van der Waals surface area contributed by atoms with Crippen molar-refractivity contribution in [1.82, 2.24) is 4.90 Å². The molecule has 0 unspecified atom stereocenters. The van der Waals surface area contributed by atoms with Crippen LogP contribution in [0.1, 0.15) is 32.8 Å². The third kappa shape index (κ3) is 4.77.